The molecule has 4 N–H and O–H groups in total. The molecule has 0 aromatic heterocycles. The molecule has 2 atom stereocenters. The first kappa shape index (κ1) is 15.3. The summed E-state index contributed by atoms with van der Waals surface area (Å²) in [6, 6.07) is -0.378. The number of hydrogen-bond donors (Lipinski definition) is 4. The fourth-order valence-corrected chi connectivity index (χ4v) is 0.979. The van der Waals surface area contributed by atoms with Crippen LogP contribution < -0.4 is 10.6 Å². The molecule has 0 aromatic carbocycles. The minimum absolute atomic E-state index is 0.0950. The van der Waals surface area contributed by atoms with Crippen LogP contribution in [-0.4, -0.2) is 47.5 Å². The van der Waals surface area contributed by atoms with Crippen LogP contribution in [0.2, 0.25) is 0 Å². The molecule has 0 bridgehead atoms. The zero-order chi connectivity index (χ0) is 12.8. The molecule has 5 nitrogen and oxygen atoms in total. The van der Waals surface area contributed by atoms with Crippen LogP contribution >= 0.6 is 0 Å². The van der Waals surface area contributed by atoms with E-state index in [1.807, 2.05) is 13.8 Å². The fraction of sp³-hybridized carbons (Fsp3) is 0.909. The number of aliphatic hydroxyl groups excluding tert-OH is 1. The molecule has 96 valence electrons. The van der Waals surface area contributed by atoms with Crippen LogP contribution in [0.15, 0.2) is 0 Å². The Balaban J connectivity index is 3.88. The SMILES string of the molecule is CC(C)CNC(=O)C(C)NCC(C)(O)CO. The first-order valence-electron chi connectivity index (χ1n) is 5.63. The molecule has 5 heteroatoms. The molecule has 0 spiro atoms. The molecule has 2 unspecified atom stereocenters. The van der Waals surface area contributed by atoms with Crippen LogP contribution in [-0.2, 0) is 4.79 Å². The highest BCUT2D eigenvalue weighted by Gasteiger charge is 2.21. The number of carbonyl (C=O) groups excluding carboxylic acids is 1. The average molecular weight is 232 g/mol. The Morgan fingerprint density at radius 1 is 1.38 bits per heavy atom. The molecule has 1 amide bonds. The van der Waals surface area contributed by atoms with Gasteiger partial charge in [0.15, 0.2) is 0 Å². The largest absolute Gasteiger partial charge is 0.393 e. The van der Waals surface area contributed by atoms with Crippen LogP contribution in [0.1, 0.15) is 27.7 Å². The maximum Gasteiger partial charge on any atom is 0.236 e. The van der Waals surface area contributed by atoms with Crippen LogP contribution in [0.5, 0.6) is 0 Å². The van der Waals surface area contributed by atoms with E-state index in [2.05, 4.69) is 10.6 Å². The van der Waals surface area contributed by atoms with E-state index in [0.717, 1.165) is 0 Å². The lowest BCUT2D eigenvalue weighted by Gasteiger charge is -2.23. The second kappa shape index (κ2) is 6.83. The molecule has 16 heavy (non-hydrogen) atoms. The normalized spacial score (nSPS) is 16.9. The van der Waals surface area contributed by atoms with Gasteiger partial charge in [0.25, 0.3) is 0 Å². The summed E-state index contributed by atoms with van der Waals surface area (Å²) >= 11 is 0. The van der Waals surface area contributed by atoms with Crippen molar-refractivity contribution < 1.29 is 15.0 Å². The Kier molecular flexibility index (Phi) is 6.55. The van der Waals surface area contributed by atoms with Crippen molar-refractivity contribution in [2.45, 2.75) is 39.3 Å². The predicted octanol–water partition coefficient (Wildman–Crippen LogP) is -0.520. The zero-order valence-corrected chi connectivity index (χ0v) is 10.6. The summed E-state index contributed by atoms with van der Waals surface area (Å²) in [6.45, 7) is 7.77. The van der Waals surface area contributed by atoms with Gasteiger partial charge in [-0.1, -0.05) is 13.8 Å². The van der Waals surface area contributed by atoms with Gasteiger partial charge in [-0.3, -0.25) is 4.79 Å². The van der Waals surface area contributed by atoms with Crippen molar-refractivity contribution in [1.82, 2.24) is 10.6 Å². The fourth-order valence-electron chi connectivity index (χ4n) is 0.979. The lowest BCUT2D eigenvalue weighted by molar-refractivity contribution is -0.123. The van der Waals surface area contributed by atoms with Crippen molar-refractivity contribution in [1.29, 1.82) is 0 Å². The van der Waals surface area contributed by atoms with Gasteiger partial charge in [-0.2, -0.15) is 0 Å². The molecule has 0 fully saturated rings. The van der Waals surface area contributed by atoms with Gasteiger partial charge in [0.1, 0.15) is 0 Å². The molecule has 0 aliphatic heterocycles. The number of hydrogen-bond acceptors (Lipinski definition) is 4. The Labute approximate surface area is 97.2 Å². The summed E-state index contributed by atoms with van der Waals surface area (Å²) in [6.07, 6.45) is 0. The number of aliphatic hydroxyl groups is 2. The maximum atomic E-state index is 11.5. The third-order valence-corrected chi connectivity index (χ3v) is 2.21. The van der Waals surface area contributed by atoms with Crippen molar-refractivity contribution in [3.8, 4) is 0 Å². The van der Waals surface area contributed by atoms with Gasteiger partial charge in [-0.05, 0) is 19.8 Å². The third kappa shape index (κ3) is 6.76. The first-order valence-corrected chi connectivity index (χ1v) is 5.63. The van der Waals surface area contributed by atoms with Gasteiger partial charge in [0, 0.05) is 13.1 Å². The highest BCUT2D eigenvalue weighted by Crippen LogP contribution is 1.99. The molecule has 0 aliphatic carbocycles. The number of carbonyl (C=O) groups is 1. The molecule has 0 saturated carbocycles. The molecule has 0 rings (SSSR count). The van der Waals surface area contributed by atoms with Gasteiger partial charge in [-0.15, -0.1) is 0 Å². The van der Waals surface area contributed by atoms with Gasteiger partial charge in [-0.25, -0.2) is 0 Å². The standard InChI is InChI=1S/C11H24N2O3/c1-8(2)5-12-10(15)9(3)13-6-11(4,16)7-14/h8-9,13-14,16H,5-7H2,1-4H3,(H,12,15). The van der Waals surface area contributed by atoms with Gasteiger partial charge in [0.2, 0.25) is 5.91 Å². The Morgan fingerprint density at radius 2 is 1.94 bits per heavy atom. The summed E-state index contributed by atoms with van der Waals surface area (Å²) in [5.74, 6) is 0.319. The first-order chi connectivity index (χ1) is 7.28. The van der Waals surface area contributed by atoms with Crippen molar-refractivity contribution in [2.75, 3.05) is 19.7 Å². The van der Waals surface area contributed by atoms with E-state index in [-0.39, 0.29) is 25.1 Å². The van der Waals surface area contributed by atoms with Gasteiger partial charge < -0.3 is 20.8 Å². The molecule has 0 radical (unpaired) electrons. The van der Waals surface area contributed by atoms with Crippen molar-refractivity contribution >= 4 is 5.91 Å². The third-order valence-electron chi connectivity index (χ3n) is 2.21. The van der Waals surface area contributed by atoms with E-state index in [0.29, 0.717) is 12.5 Å². The van der Waals surface area contributed by atoms with Crippen molar-refractivity contribution in [3.05, 3.63) is 0 Å². The Morgan fingerprint density at radius 3 is 2.38 bits per heavy atom. The second-order valence-electron chi connectivity index (χ2n) is 4.90. The zero-order valence-electron chi connectivity index (χ0n) is 10.6. The number of rotatable bonds is 7. The summed E-state index contributed by atoms with van der Waals surface area (Å²) < 4.78 is 0. The van der Waals surface area contributed by atoms with Crippen LogP contribution in [0.3, 0.4) is 0 Å². The predicted molar refractivity (Wildman–Crippen MR) is 63.0 cm³/mol. The highest BCUT2D eigenvalue weighted by atomic mass is 16.3. The molecule has 0 aromatic rings. The summed E-state index contributed by atoms with van der Waals surface area (Å²) in [4.78, 5) is 11.5. The minimum atomic E-state index is -1.19. The van der Waals surface area contributed by atoms with Crippen molar-refractivity contribution in [3.63, 3.8) is 0 Å². The number of amides is 1. The lowest BCUT2D eigenvalue weighted by atomic mass is 10.1. The summed E-state index contributed by atoms with van der Waals surface area (Å²) in [5.41, 5.74) is -1.19. The van der Waals surface area contributed by atoms with E-state index in [4.69, 9.17) is 5.11 Å². The summed E-state index contributed by atoms with van der Waals surface area (Å²) in [5, 5.41) is 24.0. The number of nitrogens with one attached hydrogen (secondary N) is 2. The van der Waals surface area contributed by atoms with E-state index < -0.39 is 5.60 Å². The second-order valence-corrected chi connectivity index (χ2v) is 4.90. The molecule has 0 saturated heterocycles. The highest BCUT2D eigenvalue weighted by molar-refractivity contribution is 5.81. The molecule has 0 heterocycles. The van der Waals surface area contributed by atoms with Crippen LogP contribution in [0.4, 0.5) is 0 Å². The average Bonchev–Trinajstić information content (AvgIpc) is 2.22. The van der Waals surface area contributed by atoms with Crippen LogP contribution in [0, 0.1) is 5.92 Å². The van der Waals surface area contributed by atoms with Crippen LogP contribution in [0.25, 0.3) is 0 Å². The Bertz CT molecular complexity index is 217. The monoisotopic (exact) mass is 232 g/mol. The lowest BCUT2D eigenvalue weighted by Crippen LogP contribution is -2.49. The van der Waals surface area contributed by atoms with E-state index in [1.54, 1.807) is 6.92 Å². The molecular weight excluding hydrogens is 208 g/mol. The minimum Gasteiger partial charge on any atom is -0.393 e. The van der Waals surface area contributed by atoms with E-state index >= 15 is 0 Å². The summed E-state index contributed by atoms with van der Waals surface area (Å²) in [7, 11) is 0. The van der Waals surface area contributed by atoms with E-state index in [1.165, 1.54) is 6.92 Å². The van der Waals surface area contributed by atoms with Gasteiger partial charge in [0.05, 0.1) is 18.2 Å². The maximum absolute atomic E-state index is 11.5. The van der Waals surface area contributed by atoms with Crippen molar-refractivity contribution in [2.24, 2.45) is 5.92 Å². The topological polar surface area (TPSA) is 81.6 Å². The van der Waals surface area contributed by atoms with Gasteiger partial charge >= 0.3 is 0 Å². The smallest absolute Gasteiger partial charge is 0.236 e. The Hall–Kier alpha value is -0.650. The molecular formula is C11H24N2O3. The van der Waals surface area contributed by atoms with E-state index in [9.17, 15) is 9.90 Å². The quantitative estimate of drug-likeness (QED) is 0.476. The molecule has 0 aliphatic rings.